The molecule has 3 nitrogen and oxygen atoms in total. The van der Waals surface area contributed by atoms with Crippen molar-refractivity contribution in [1.82, 2.24) is 0 Å². The molecule has 0 fully saturated rings. The van der Waals surface area contributed by atoms with E-state index < -0.39 is 0 Å². The lowest BCUT2D eigenvalue weighted by Crippen LogP contribution is -2.11. The van der Waals surface area contributed by atoms with Gasteiger partial charge in [-0.1, -0.05) is 73.7 Å². The summed E-state index contributed by atoms with van der Waals surface area (Å²) in [6.07, 6.45) is 3.24. The molecule has 3 aromatic rings. The Bertz CT molecular complexity index is 1160. The Morgan fingerprint density at radius 1 is 0.900 bits per heavy atom. The molecule has 4 rings (SSSR count). The zero-order valence-electron chi connectivity index (χ0n) is 17.3. The molecule has 0 heterocycles. The van der Waals surface area contributed by atoms with Crippen LogP contribution in [0.4, 0.5) is 0 Å². The highest BCUT2D eigenvalue weighted by Crippen LogP contribution is 2.49. The number of hydrogen-bond acceptors (Lipinski definition) is 2. The predicted molar refractivity (Wildman–Crippen MR) is 124 cm³/mol. The molecule has 0 radical (unpaired) electrons. The molecule has 1 aliphatic rings. The molecule has 0 unspecified atom stereocenters. The van der Waals surface area contributed by atoms with Gasteiger partial charge in [-0.3, -0.25) is 4.79 Å². The maximum absolute atomic E-state index is 11.9. The van der Waals surface area contributed by atoms with Gasteiger partial charge in [-0.2, -0.15) is 0 Å². The van der Waals surface area contributed by atoms with Crippen LogP contribution >= 0.6 is 0 Å². The minimum atomic E-state index is -0.334. The number of carbonyl (C=O) groups excluding carboxylic acids is 1. The molecule has 30 heavy (non-hydrogen) atoms. The van der Waals surface area contributed by atoms with Crippen LogP contribution in [-0.4, -0.2) is 13.0 Å². The smallest absolute Gasteiger partial charge is 0.221 e. The number of benzene rings is 3. The van der Waals surface area contributed by atoms with Gasteiger partial charge in [0.05, 0.1) is 13.5 Å². The summed E-state index contributed by atoms with van der Waals surface area (Å²) in [4.78, 5) is 11.9. The summed E-state index contributed by atoms with van der Waals surface area (Å²) in [6.45, 7) is 2.12. The van der Waals surface area contributed by atoms with E-state index in [4.69, 9.17) is 10.5 Å². The van der Waals surface area contributed by atoms with Crippen molar-refractivity contribution in [3.8, 4) is 16.9 Å². The summed E-state index contributed by atoms with van der Waals surface area (Å²) in [7, 11) is 1.66. The van der Waals surface area contributed by atoms with E-state index in [-0.39, 0.29) is 12.3 Å². The highest BCUT2D eigenvalue weighted by molar-refractivity contribution is 6.10. The molecule has 2 N–H and O–H groups in total. The number of nitrogens with two attached hydrogens (primary N) is 1. The number of carbonyl (C=O) groups is 1. The third-order valence-corrected chi connectivity index (χ3v) is 5.58. The summed E-state index contributed by atoms with van der Waals surface area (Å²) in [5.41, 5.74) is 14.4. The first-order valence-electron chi connectivity index (χ1n) is 10.2. The second-order valence-corrected chi connectivity index (χ2v) is 7.35. The van der Waals surface area contributed by atoms with Crippen molar-refractivity contribution in [3.63, 3.8) is 0 Å². The maximum Gasteiger partial charge on any atom is 0.221 e. The average molecular weight is 396 g/mol. The van der Waals surface area contributed by atoms with Crippen LogP contribution in [0.5, 0.6) is 5.75 Å². The molecular weight excluding hydrogens is 370 g/mol. The van der Waals surface area contributed by atoms with Crippen molar-refractivity contribution in [1.29, 1.82) is 0 Å². The number of ether oxygens (including phenoxy) is 1. The molecule has 0 saturated carbocycles. The fraction of sp³-hybridized carbons (Fsp3) is 0.148. The monoisotopic (exact) mass is 395 g/mol. The summed E-state index contributed by atoms with van der Waals surface area (Å²) in [6, 6.07) is 24.8. The predicted octanol–water partition coefficient (Wildman–Crippen LogP) is 5.96. The number of methoxy groups -OCH3 is 1. The van der Waals surface area contributed by atoms with Gasteiger partial charge in [0, 0.05) is 5.56 Å². The molecule has 0 bridgehead atoms. The van der Waals surface area contributed by atoms with Gasteiger partial charge in [0.25, 0.3) is 0 Å². The molecule has 1 aliphatic carbocycles. The van der Waals surface area contributed by atoms with Crippen LogP contribution in [0.15, 0.2) is 78.4 Å². The molecule has 3 heteroatoms. The fourth-order valence-corrected chi connectivity index (χ4v) is 4.31. The standard InChI is InChI=1S/C27H25NO2/c1-3-20-23(16-19-12-7-8-13-21(19)18-10-5-4-6-11-18)22-14-9-15-25(30-2)27(22)24(20)17-26(28)29/h4-16H,3,17H2,1-2H3,(H2,28,29)/b23-16-. The summed E-state index contributed by atoms with van der Waals surface area (Å²) in [5, 5.41) is 0. The summed E-state index contributed by atoms with van der Waals surface area (Å²) >= 11 is 0. The topological polar surface area (TPSA) is 52.3 Å². The molecule has 0 saturated heterocycles. The molecular formula is C27H25NO2. The number of allylic oxidation sites excluding steroid dienone is 2. The normalized spacial score (nSPS) is 14.1. The van der Waals surface area contributed by atoms with Gasteiger partial charge in [-0.05, 0) is 57.5 Å². The quantitative estimate of drug-likeness (QED) is 0.560. The Morgan fingerprint density at radius 3 is 2.30 bits per heavy atom. The Morgan fingerprint density at radius 2 is 1.60 bits per heavy atom. The van der Waals surface area contributed by atoms with Crippen LogP contribution in [0, 0.1) is 0 Å². The van der Waals surface area contributed by atoms with Crippen molar-refractivity contribution in [2.45, 2.75) is 19.8 Å². The van der Waals surface area contributed by atoms with Crippen LogP contribution < -0.4 is 10.5 Å². The first-order valence-corrected chi connectivity index (χ1v) is 10.2. The van der Waals surface area contributed by atoms with Gasteiger partial charge in [-0.15, -0.1) is 0 Å². The largest absolute Gasteiger partial charge is 0.496 e. The van der Waals surface area contributed by atoms with Crippen LogP contribution in [-0.2, 0) is 4.79 Å². The lowest BCUT2D eigenvalue weighted by molar-refractivity contribution is -0.117. The van der Waals surface area contributed by atoms with Crippen molar-refractivity contribution >= 4 is 23.1 Å². The van der Waals surface area contributed by atoms with Gasteiger partial charge in [0.2, 0.25) is 5.91 Å². The van der Waals surface area contributed by atoms with Crippen LogP contribution in [0.2, 0.25) is 0 Å². The highest BCUT2D eigenvalue weighted by Gasteiger charge is 2.29. The van der Waals surface area contributed by atoms with Crippen molar-refractivity contribution in [3.05, 3.63) is 95.1 Å². The fourth-order valence-electron chi connectivity index (χ4n) is 4.31. The van der Waals surface area contributed by atoms with E-state index in [2.05, 4.69) is 67.6 Å². The van der Waals surface area contributed by atoms with E-state index >= 15 is 0 Å². The highest BCUT2D eigenvalue weighted by atomic mass is 16.5. The first kappa shape index (κ1) is 19.7. The van der Waals surface area contributed by atoms with Crippen LogP contribution in [0.25, 0.3) is 28.3 Å². The SMILES string of the molecule is CCC1=C(CC(N)=O)c2c(OC)cccc2/C1=C\c1ccccc1-c1ccccc1. The van der Waals surface area contributed by atoms with Crippen molar-refractivity contribution in [2.24, 2.45) is 5.73 Å². The Labute approximate surface area is 177 Å². The first-order chi connectivity index (χ1) is 14.6. The third-order valence-electron chi connectivity index (χ3n) is 5.58. The van der Waals surface area contributed by atoms with E-state index in [0.717, 1.165) is 45.6 Å². The second-order valence-electron chi connectivity index (χ2n) is 7.35. The van der Waals surface area contributed by atoms with Crippen LogP contribution in [0.3, 0.4) is 0 Å². The van der Waals surface area contributed by atoms with Crippen molar-refractivity contribution in [2.75, 3.05) is 7.11 Å². The summed E-state index contributed by atoms with van der Waals surface area (Å²) in [5.74, 6) is 0.438. The van der Waals surface area contributed by atoms with E-state index in [1.165, 1.54) is 11.1 Å². The molecule has 0 atom stereocenters. The van der Waals surface area contributed by atoms with E-state index in [0.29, 0.717) is 0 Å². The molecule has 3 aromatic carbocycles. The lowest BCUT2D eigenvalue weighted by atomic mass is 9.94. The molecule has 150 valence electrons. The second kappa shape index (κ2) is 8.42. The van der Waals surface area contributed by atoms with Gasteiger partial charge in [0.1, 0.15) is 5.75 Å². The minimum absolute atomic E-state index is 0.203. The number of hydrogen-bond donors (Lipinski definition) is 1. The Kier molecular flexibility index (Phi) is 5.53. The summed E-state index contributed by atoms with van der Waals surface area (Å²) < 4.78 is 5.64. The van der Waals surface area contributed by atoms with E-state index in [1.807, 2.05) is 18.2 Å². The zero-order valence-corrected chi connectivity index (χ0v) is 17.3. The molecule has 0 spiro atoms. The van der Waals surface area contributed by atoms with Gasteiger partial charge in [0.15, 0.2) is 0 Å². The Balaban J connectivity index is 1.95. The van der Waals surface area contributed by atoms with Gasteiger partial charge < -0.3 is 10.5 Å². The zero-order chi connectivity index (χ0) is 21.1. The lowest BCUT2D eigenvalue weighted by Gasteiger charge is -2.11. The maximum atomic E-state index is 11.9. The van der Waals surface area contributed by atoms with E-state index in [1.54, 1.807) is 7.11 Å². The van der Waals surface area contributed by atoms with Gasteiger partial charge in [-0.25, -0.2) is 0 Å². The van der Waals surface area contributed by atoms with Crippen molar-refractivity contribution < 1.29 is 9.53 Å². The molecule has 0 aliphatic heterocycles. The number of rotatable bonds is 6. The third kappa shape index (κ3) is 3.55. The number of amides is 1. The average Bonchev–Trinajstić information content (AvgIpc) is 3.06. The van der Waals surface area contributed by atoms with E-state index in [9.17, 15) is 4.79 Å². The number of primary amides is 1. The minimum Gasteiger partial charge on any atom is -0.496 e. The van der Waals surface area contributed by atoms with Crippen LogP contribution in [0.1, 0.15) is 36.5 Å². The molecule has 0 aromatic heterocycles. The molecule has 1 amide bonds. The van der Waals surface area contributed by atoms with Gasteiger partial charge >= 0.3 is 0 Å². The Hall–Kier alpha value is -3.59. The number of fused-ring (bicyclic) bond motifs is 1.